The molecule has 0 N–H and O–H groups in total. The van der Waals surface area contributed by atoms with Crippen LogP contribution in [0.2, 0.25) is 0 Å². The molecule has 0 fully saturated rings. The molecule has 64 heavy (non-hydrogen) atoms. The van der Waals surface area contributed by atoms with Crippen molar-refractivity contribution < 1.29 is 28.6 Å². The van der Waals surface area contributed by atoms with E-state index in [9.17, 15) is 14.4 Å². The first kappa shape index (κ1) is 62.4. The highest BCUT2D eigenvalue weighted by Gasteiger charge is 2.19. The zero-order chi connectivity index (χ0) is 46.5. The van der Waals surface area contributed by atoms with Crippen molar-refractivity contribution in [3.63, 3.8) is 0 Å². The van der Waals surface area contributed by atoms with E-state index >= 15 is 0 Å². The number of ether oxygens (including phenoxy) is 3. The lowest BCUT2D eigenvalue weighted by Crippen LogP contribution is -2.30. The Morgan fingerprint density at radius 2 is 0.422 bits per heavy atom. The molecule has 0 heterocycles. The van der Waals surface area contributed by atoms with Crippen molar-refractivity contribution in [2.24, 2.45) is 0 Å². The molecule has 0 spiro atoms. The molecule has 0 amide bonds. The lowest BCUT2D eigenvalue weighted by Gasteiger charge is -2.18. The average Bonchev–Trinajstić information content (AvgIpc) is 3.29. The molecule has 6 heteroatoms. The largest absolute Gasteiger partial charge is 0.462 e. The van der Waals surface area contributed by atoms with Crippen molar-refractivity contribution in [3.8, 4) is 0 Å². The average molecular weight is 906 g/mol. The second-order valence-electron chi connectivity index (χ2n) is 19.9. The van der Waals surface area contributed by atoms with E-state index in [0.717, 1.165) is 64.2 Å². The van der Waals surface area contributed by atoms with Crippen LogP contribution in [0.4, 0.5) is 0 Å². The van der Waals surface area contributed by atoms with E-state index in [-0.39, 0.29) is 31.1 Å². The summed E-state index contributed by atoms with van der Waals surface area (Å²) in [6.45, 7) is 6.62. The third kappa shape index (κ3) is 51.4. The molecular weight excluding hydrogens is 793 g/mol. The molecule has 1 atom stereocenters. The predicted molar refractivity (Wildman–Crippen MR) is 275 cm³/mol. The quantitative estimate of drug-likeness (QED) is 0.0344. The van der Waals surface area contributed by atoms with E-state index in [4.69, 9.17) is 14.2 Å². The molecule has 0 aliphatic heterocycles. The molecule has 1 unspecified atom stereocenters. The van der Waals surface area contributed by atoms with Gasteiger partial charge in [0, 0.05) is 19.3 Å². The summed E-state index contributed by atoms with van der Waals surface area (Å²) in [5.74, 6) is -0.853. The number of carbonyl (C=O) groups excluding carboxylic acids is 3. The lowest BCUT2D eigenvalue weighted by atomic mass is 10.0. The number of carbonyl (C=O) groups is 3. The summed E-state index contributed by atoms with van der Waals surface area (Å²) in [5, 5.41) is 0. The Morgan fingerprint density at radius 3 is 0.625 bits per heavy atom. The summed E-state index contributed by atoms with van der Waals surface area (Å²) in [6.07, 6.45) is 60.1. The number of esters is 3. The van der Waals surface area contributed by atoms with E-state index in [0.29, 0.717) is 19.3 Å². The van der Waals surface area contributed by atoms with Crippen molar-refractivity contribution >= 4 is 17.9 Å². The van der Waals surface area contributed by atoms with Gasteiger partial charge in [0.25, 0.3) is 0 Å². The SMILES string of the molecule is CCCCCCCCCCCCCCCCCCCCCCCCCCCCC(=O)OCC(COC(=O)CCCCCCC)OC(=O)CCCCCCCCCCCCCCCCC. The number of rotatable bonds is 54. The fourth-order valence-electron chi connectivity index (χ4n) is 8.98. The molecule has 0 saturated heterocycles. The Balaban J connectivity index is 3.95. The third-order valence-corrected chi connectivity index (χ3v) is 13.4. The normalized spacial score (nSPS) is 11.9. The monoisotopic (exact) mass is 905 g/mol. The Kier molecular flexibility index (Phi) is 52.7. The van der Waals surface area contributed by atoms with Crippen LogP contribution in [0, 0.1) is 0 Å². The maximum absolute atomic E-state index is 12.7. The van der Waals surface area contributed by atoms with Gasteiger partial charge in [-0.1, -0.05) is 297 Å². The lowest BCUT2D eigenvalue weighted by molar-refractivity contribution is -0.167. The molecular formula is C58H112O6. The molecule has 0 aliphatic carbocycles. The van der Waals surface area contributed by atoms with Gasteiger partial charge in [-0.05, 0) is 19.3 Å². The summed E-state index contributed by atoms with van der Waals surface area (Å²) in [6, 6.07) is 0. The fraction of sp³-hybridized carbons (Fsp3) is 0.948. The molecule has 0 rings (SSSR count). The number of unbranched alkanes of at least 4 members (excludes halogenated alkanes) is 43. The van der Waals surface area contributed by atoms with Gasteiger partial charge in [-0.15, -0.1) is 0 Å². The van der Waals surface area contributed by atoms with Gasteiger partial charge >= 0.3 is 17.9 Å². The first-order valence-electron chi connectivity index (χ1n) is 29.0. The summed E-state index contributed by atoms with van der Waals surface area (Å²) >= 11 is 0. The zero-order valence-corrected chi connectivity index (χ0v) is 43.6. The molecule has 0 saturated carbocycles. The van der Waals surface area contributed by atoms with Crippen molar-refractivity contribution in [1.29, 1.82) is 0 Å². The van der Waals surface area contributed by atoms with Gasteiger partial charge in [0.15, 0.2) is 6.10 Å². The minimum atomic E-state index is -0.759. The van der Waals surface area contributed by atoms with Crippen LogP contribution in [0.5, 0.6) is 0 Å². The second-order valence-corrected chi connectivity index (χ2v) is 19.9. The minimum absolute atomic E-state index is 0.0628. The molecule has 0 radical (unpaired) electrons. The Morgan fingerprint density at radius 1 is 0.250 bits per heavy atom. The van der Waals surface area contributed by atoms with Gasteiger partial charge in [0.1, 0.15) is 13.2 Å². The maximum Gasteiger partial charge on any atom is 0.306 e. The second kappa shape index (κ2) is 54.0. The predicted octanol–water partition coefficient (Wildman–Crippen LogP) is 19.2. The first-order valence-corrected chi connectivity index (χ1v) is 29.0. The highest BCUT2D eigenvalue weighted by atomic mass is 16.6. The topological polar surface area (TPSA) is 78.9 Å². The summed E-state index contributed by atoms with van der Waals surface area (Å²) in [7, 11) is 0. The Hall–Kier alpha value is -1.59. The van der Waals surface area contributed by atoms with Crippen molar-refractivity contribution in [2.75, 3.05) is 13.2 Å². The van der Waals surface area contributed by atoms with E-state index in [1.165, 1.54) is 231 Å². The van der Waals surface area contributed by atoms with Crippen LogP contribution in [-0.2, 0) is 28.6 Å². The van der Waals surface area contributed by atoms with Gasteiger partial charge in [0.05, 0.1) is 0 Å². The molecule has 0 aromatic heterocycles. The van der Waals surface area contributed by atoms with E-state index in [2.05, 4.69) is 20.8 Å². The van der Waals surface area contributed by atoms with Crippen molar-refractivity contribution in [3.05, 3.63) is 0 Å². The highest BCUT2D eigenvalue weighted by molar-refractivity contribution is 5.71. The molecule has 380 valence electrons. The Labute approximate surface area is 399 Å². The molecule has 6 nitrogen and oxygen atoms in total. The molecule has 0 aliphatic rings. The van der Waals surface area contributed by atoms with Crippen LogP contribution in [0.25, 0.3) is 0 Å². The van der Waals surface area contributed by atoms with Crippen LogP contribution in [0.15, 0.2) is 0 Å². The summed E-state index contributed by atoms with van der Waals surface area (Å²) in [5.41, 5.74) is 0. The Bertz CT molecular complexity index is 951. The third-order valence-electron chi connectivity index (χ3n) is 13.4. The smallest absolute Gasteiger partial charge is 0.306 e. The maximum atomic E-state index is 12.7. The van der Waals surface area contributed by atoms with Gasteiger partial charge in [0.2, 0.25) is 0 Å². The van der Waals surface area contributed by atoms with Crippen LogP contribution in [0.3, 0.4) is 0 Å². The number of hydrogen-bond donors (Lipinski definition) is 0. The molecule has 0 aromatic carbocycles. The molecule has 0 bridgehead atoms. The van der Waals surface area contributed by atoms with Gasteiger partial charge in [-0.2, -0.15) is 0 Å². The first-order chi connectivity index (χ1) is 31.5. The fourth-order valence-corrected chi connectivity index (χ4v) is 8.98. The van der Waals surface area contributed by atoms with Crippen LogP contribution >= 0.6 is 0 Å². The zero-order valence-electron chi connectivity index (χ0n) is 43.6. The van der Waals surface area contributed by atoms with Gasteiger partial charge in [-0.25, -0.2) is 0 Å². The standard InChI is InChI=1S/C58H112O6/c1-4-7-10-13-15-17-19-21-23-24-25-26-27-28-29-30-31-32-33-35-36-38-40-42-45-48-51-57(60)63-54-55(53-62-56(59)50-47-44-12-9-6-3)64-58(61)52-49-46-43-41-39-37-34-22-20-18-16-14-11-8-5-2/h55H,4-54H2,1-3H3. The van der Waals surface area contributed by atoms with E-state index in [1.807, 2.05) is 0 Å². The van der Waals surface area contributed by atoms with Crippen molar-refractivity contribution in [1.82, 2.24) is 0 Å². The van der Waals surface area contributed by atoms with Crippen LogP contribution in [-0.4, -0.2) is 37.2 Å². The summed E-state index contributed by atoms with van der Waals surface area (Å²) < 4.78 is 16.7. The van der Waals surface area contributed by atoms with Crippen LogP contribution < -0.4 is 0 Å². The van der Waals surface area contributed by atoms with Crippen LogP contribution in [0.1, 0.15) is 335 Å². The van der Waals surface area contributed by atoms with Crippen molar-refractivity contribution in [2.45, 2.75) is 341 Å². The van der Waals surface area contributed by atoms with Gasteiger partial charge < -0.3 is 14.2 Å². The summed E-state index contributed by atoms with van der Waals surface area (Å²) in [4.78, 5) is 37.7. The van der Waals surface area contributed by atoms with E-state index in [1.54, 1.807) is 0 Å². The number of hydrogen-bond acceptors (Lipinski definition) is 6. The minimum Gasteiger partial charge on any atom is -0.462 e. The molecule has 0 aromatic rings. The highest BCUT2D eigenvalue weighted by Crippen LogP contribution is 2.18. The van der Waals surface area contributed by atoms with Gasteiger partial charge in [-0.3, -0.25) is 14.4 Å². The van der Waals surface area contributed by atoms with E-state index < -0.39 is 6.10 Å².